The first-order valence-corrected chi connectivity index (χ1v) is 6.25. The molecular formula is C14H13N5O. The first-order valence-electron chi connectivity index (χ1n) is 6.25. The van der Waals surface area contributed by atoms with E-state index >= 15 is 0 Å². The molecule has 20 heavy (non-hydrogen) atoms. The fraction of sp³-hybridized carbons (Fsp3) is 0.143. The lowest BCUT2D eigenvalue weighted by Crippen LogP contribution is -2.27. The number of hydrogen-bond acceptors (Lipinski definition) is 5. The van der Waals surface area contributed by atoms with Gasteiger partial charge >= 0.3 is 0 Å². The minimum Gasteiger partial charge on any atom is -0.367 e. The zero-order valence-electron chi connectivity index (χ0n) is 10.8. The van der Waals surface area contributed by atoms with Crippen LogP contribution in [0.2, 0.25) is 0 Å². The molecule has 100 valence electrons. The molecule has 0 saturated heterocycles. The largest absolute Gasteiger partial charge is 0.367 e. The molecule has 1 N–H and O–H groups in total. The molecule has 0 radical (unpaired) electrons. The molecule has 6 nitrogen and oxygen atoms in total. The van der Waals surface area contributed by atoms with Crippen LogP contribution in [-0.4, -0.2) is 35.4 Å². The van der Waals surface area contributed by atoms with Gasteiger partial charge in [-0.05, 0) is 18.9 Å². The van der Waals surface area contributed by atoms with Crippen molar-refractivity contribution in [3.8, 4) is 5.69 Å². The van der Waals surface area contributed by atoms with Crippen LogP contribution < -0.4 is 10.9 Å². The van der Waals surface area contributed by atoms with E-state index in [1.807, 2.05) is 30.3 Å². The van der Waals surface area contributed by atoms with Gasteiger partial charge in [0, 0.05) is 12.6 Å². The molecule has 2 aromatic rings. The summed E-state index contributed by atoms with van der Waals surface area (Å²) in [5, 5.41) is 7.50. The summed E-state index contributed by atoms with van der Waals surface area (Å²) in [6, 6.07) is 10.7. The lowest BCUT2D eigenvalue weighted by molar-refractivity contribution is 0.798. The summed E-state index contributed by atoms with van der Waals surface area (Å²) < 4.78 is 1.34. The molecule has 0 aliphatic carbocycles. The third-order valence-electron chi connectivity index (χ3n) is 2.98. The van der Waals surface area contributed by atoms with Crippen LogP contribution in [0.4, 0.5) is 5.69 Å². The first-order chi connectivity index (χ1) is 9.79. The number of nitrogens with one attached hydrogen (secondary N) is 1. The van der Waals surface area contributed by atoms with Gasteiger partial charge in [-0.25, -0.2) is 0 Å². The Morgan fingerprint density at radius 1 is 1.30 bits per heavy atom. The second kappa shape index (κ2) is 5.08. The molecule has 2 heterocycles. The van der Waals surface area contributed by atoms with Crippen molar-refractivity contribution in [1.82, 2.24) is 15.1 Å². The third-order valence-corrected chi connectivity index (χ3v) is 2.98. The lowest BCUT2D eigenvalue weighted by Gasteiger charge is -2.09. The SMILES string of the molecule is C=Nc1cc(=O)n(-c2ccccc2)nc1C1=NCCN1. The fourth-order valence-electron chi connectivity index (χ4n) is 2.05. The minimum atomic E-state index is -0.249. The predicted molar refractivity (Wildman–Crippen MR) is 78.4 cm³/mol. The smallest absolute Gasteiger partial charge is 0.273 e. The topological polar surface area (TPSA) is 71.6 Å². The van der Waals surface area contributed by atoms with E-state index in [0.29, 0.717) is 29.4 Å². The van der Waals surface area contributed by atoms with Crippen LogP contribution in [0.5, 0.6) is 0 Å². The van der Waals surface area contributed by atoms with Gasteiger partial charge in [0.05, 0.1) is 17.9 Å². The standard InChI is InChI=1S/C14H13N5O/c1-15-11-9-12(20)19(10-5-3-2-4-6-10)18-13(11)14-16-7-8-17-14/h2-6,9H,1,7-8H2,(H,16,17). The molecule has 1 aliphatic heterocycles. The van der Waals surface area contributed by atoms with Gasteiger partial charge in [0.15, 0.2) is 11.5 Å². The van der Waals surface area contributed by atoms with Crippen LogP contribution >= 0.6 is 0 Å². The monoisotopic (exact) mass is 267 g/mol. The molecule has 0 bridgehead atoms. The summed E-state index contributed by atoms with van der Waals surface area (Å²) in [4.78, 5) is 20.3. The van der Waals surface area contributed by atoms with E-state index in [1.165, 1.54) is 10.7 Å². The Morgan fingerprint density at radius 2 is 2.10 bits per heavy atom. The van der Waals surface area contributed by atoms with Crippen molar-refractivity contribution in [1.29, 1.82) is 0 Å². The normalized spacial score (nSPS) is 13.7. The molecule has 0 fully saturated rings. The number of para-hydroxylation sites is 1. The van der Waals surface area contributed by atoms with Crippen molar-refractivity contribution < 1.29 is 0 Å². The summed E-state index contributed by atoms with van der Waals surface area (Å²) in [6.45, 7) is 4.94. The quantitative estimate of drug-likeness (QED) is 0.840. The van der Waals surface area contributed by atoms with Crippen molar-refractivity contribution in [3.05, 3.63) is 52.4 Å². The number of rotatable bonds is 3. The Kier molecular flexibility index (Phi) is 3.12. The summed E-state index contributed by atoms with van der Waals surface area (Å²) in [5.74, 6) is 0.650. The highest BCUT2D eigenvalue weighted by Crippen LogP contribution is 2.16. The van der Waals surface area contributed by atoms with Gasteiger partial charge < -0.3 is 5.32 Å². The van der Waals surface area contributed by atoms with Crippen LogP contribution in [0.15, 0.2) is 51.2 Å². The third kappa shape index (κ3) is 2.11. The zero-order valence-corrected chi connectivity index (χ0v) is 10.8. The van der Waals surface area contributed by atoms with Crippen LogP contribution in [0.3, 0.4) is 0 Å². The highest BCUT2D eigenvalue weighted by atomic mass is 16.1. The number of aromatic nitrogens is 2. The van der Waals surface area contributed by atoms with Gasteiger partial charge in [0.1, 0.15) is 0 Å². The Labute approximate surface area is 115 Å². The van der Waals surface area contributed by atoms with E-state index in [2.05, 4.69) is 27.1 Å². The molecule has 0 spiro atoms. The second-order valence-electron chi connectivity index (χ2n) is 4.28. The zero-order chi connectivity index (χ0) is 13.9. The van der Waals surface area contributed by atoms with E-state index in [4.69, 9.17) is 0 Å². The van der Waals surface area contributed by atoms with Crippen LogP contribution in [0, 0.1) is 0 Å². The summed E-state index contributed by atoms with van der Waals surface area (Å²) in [6.07, 6.45) is 0. The molecule has 0 unspecified atom stereocenters. The van der Waals surface area contributed by atoms with E-state index in [0.717, 1.165) is 6.54 Å². The average molecular weight is 267 g/mol. The predicted octanol–water partition coefficient (Wildman–Crippen LogP) is 0.914. The van der Waals surface area contributed by atoms with Crippen molar-refractivity contribution in [2.24, 2.45) is 9.98 Å². The summed E-state index contributed by atoms with van der Waals surface area (Å²) in [7, 11) is 0. The maximum absolute atomic E-state index is 12.1. The van der Waals surface area contributed by atoms with E-state index in [-0.39, 0.29) is 5.56 Å². The van der Waals surface area contributed by atoms with Crippen molar-refractivity contribution in [2.75, 3.05) is 13.1 Å². The van der Waals surface area contributed by atoms with Crippen molar-refractivity contribution >= 4 is 18.2 Å². The molecule has 1 aromatic heterocycles. The summed E-state index contributed by atoms with van der Waals surface area (Å²) in [5.41, 5.74) is 1.44. The molecule has 0 atom stereocenters. The Balaban J connectivity index is 2.19. The number of nitrogens with zero attached hydrogens (tertiary/aromatic N) is 4. The average Bonchev–Trinajstić information content (AvgIpc) is 3.02. The number of amidine groups is 1. The highest BCUT2D eigenvalue weighted by molar-refractivity contribution is 6.02. The van der Waals surface area contributed by atoms with Crippen LogP contribution in [-0.2, 0) is 0 Å². The van der Waals surface area contributed by atoms with Crippen LogP contribution in [0.1, 0.15) is 5.69 Å². The molecule has 0 saturated carbocycles. The van der Waals surface area contributed by atoms with Gasteiger partial charge in [-0.3, -0.25) is 14.8 Å². The molecular weight excluding hydrogens is 254 g/mol. The first kappa shape index (κ1) is 12.3. The van der Waals surface area contributed by atoms with Gasteiger partial charge in [-0.15, -0.1) is 0 Å². The molecule has 1 aromatic carbocycles. The number of aliphatic imine (C=N–C) groups is 2. The fourth-order valence-corrected chi connectivity index (χ4v) is 2.05. The molecule has 3 rings (SSSR count). The van der Waals surface area contributed by atoms with Crippen molar-refractivity contribution in [2.45, 2.75) is 0 Å². The Bertz CT molecular complexity index is 733. The molecule has 0 amide bonds. The number of hydrogen-bond donors (Lipinski definition) is 1. The van der Waals surface area contributed by atoms with Gasteiger partial charge in [0.2, 0.25) is 0 Å². The van der Waals surface area contributed by atoms with Gasteiger partial charge in [-0.1, -0.05) is 18.2 Å². The highest BCUT2D eigenvalue weighted by Gasteiger charge is 2.16. The van der Waals surface area contributed by atoms with Gasteiger partial charge in [-0.2, -0.15) is 9.78 Å². The van der Waals surface area contributed by atoms with E-state index < -0.39 is 0 Å². The van der Waals surface area contributed by atoms with Crippen molar-refractivity contribution in [3.63, 3.8) is 0 Å². The lowest BCUT2D eigenvalue weighted by atomic mass is 10.3. The summed E-state index contributed by atoms with van der Waals surface area (Å²) >= 11 is 0. The Morgan fingerprint density at radius 3 is 2.75 bits per heavy atom. The number of benzene rings is 1. The molecule has 6 heteroatoms. The molecule has 1 aliphatic rings. The second-order valence-corrected chi connectivity index (χ2v) is 4.28. The maximum atomic E-state index is 12.1. The van der Waals surface area contributed by atoms with E-state index in [1.54, 1.807) is 0 Å². The Hall–Kier alpha value is -2.76. The van der Waals surface area contributed by atoms with Crippen LogP contribution in [0.25, 0.3) is 5.69 Å². The van der Waals surface area contributed by atoms with E-state index in [9.17, 15) is 4.79 Å². The minimum absolute atomic E-state index is 0.249. The van der Waals surface area contributed by atoms with Gasteiger partial charge in [0.25, 0.3) is 5.56 Å². The maximum Gasteiger partial charge on any atom is 0.273 e.